The maximum Gasteiger partial charge on any atom is 0.411 e. The standard InChI is InChI=1S/C12H22N2O4/c1-12(2,3)18-11(17)14-7-8(4-5-13)6-9(14)10(15)16/h8-9H,4-7,13H2,1-3H3,(H,15,16)/t8?,9-/m0/s1. The predicted molar refractivity (Wildman–Crippen MR) is 66.1 cm³/mol. The number of likely N-dealkylation sites (tertiary alicyclic amines) is 1. The fourth-order valence-electron chi connectivity index (χ4n) is 2.12. The third-order valence-electron chi connectivity index (χ3n) is 2.88. The van der Waals surface area contributed by atoms with Crippen molar-refractivity contribution >= 4 is 12.1 Å². The summed E-state index contributed by atoms with van der Waals surface area (Å²) in [6.45, 7) is 6.18. The van der Waals surface area contributed by atoms with Crippen LogP contribution in [0, 0.1) is 5.92 Å². The lowest BCUT2D eigenvalue weighted by Crippen LogP contribution is -2.43. The Kier molecular flexibility index (Phi) is 4.56. The van der Waals surface area contributed by atoms with Crippen LogP contribution in [-0.2, 0) is 9.53 Å². The summed E-state index contributed by atoms with van der Waals surface area (Å²) in [4.78, 5) is 24.4. The third kappa shape index (κ3) is 3.87. The molecule has 0 aromatic rings. The summed E-state index contributed by atoms with van der Waals surface area (Å²) in [6, 6.07) is -0.795. The van der Waals surface area contributed by atoms with Crippen molar-refractivity contribution in [1.29, 1.82) is 0 Å². The van der Waals surface area contributed by atoms with E-state index in [1.807, 2.05) is 0 Å². The number of rotatable bonds is 3. The summed E-state index contributed by atoms with van der Waals surface area (Å²) in [5.74, 6) is -0.844. The average Bonchev–Trinajstić information content (AvgIpc) is 2.59. The smallest absolute Gasteiger partial charge is 0.411 e. The molecule has 1 saturated heterocycles. The molecule has 1 unspecified atom stereocenters. The van der Waals surface area contributed by atoms with Crippen molar-refractivity contribution < 1.29 is 19.4 Å². The van der Waals surface area contributed by atoms with Crippen molar-refractivity contribution in [2.45, 2.75) is 45.3 Å². The van der Waals surface area contributed by atoms with E-state index < -0.39 is 23.7 Å². The van der Waals surface area contributed by atoms with Crippen LogP contribution in [0.5, 0.6) is 0 Å². The molecule has 6 heteroatoms. The first-order chi connectivity index (χ1) is 8.24. The highest BCUT2D eigenvalue weighted by atomic mass is 16.6. The maximum atomic E-state index is 11.9. The van der Waals surface area contributed by atoms with Crippen LogP contribution in [0.25, 0.3) is 0 Å². The zero-order chi connectivity index (χ0) is 13.9. The molecule has 0 saturated carbocycles. The summed E-state index contributed by atoms with van der Waals surface area (Å²) in [7, 11) is 0. The number of hydrogen-bond acceptors (Lipinski definition) is 4. The Bertz CT molecular complexity index is 325. The van der Waals surface area contributed by atoms with Crippen LogP contribution in [-0.4, -0.2) is 46.8 Å². The van der Waals surface area contributed by atoms with Gasteiger partial charge in [0, 0.05) is 6.54 Å². The fraction of sp³-hybridized carbons (Fsp3) is 0.833. The topological polar surface area (TPSA) is 92.9 Å². The van der Waals surface area contributed by atoms with Gasteiger partial charge in [-0.3, -0.25) is 4.90 Å². The van der Waals surface area contributed by atoms with Gasteiger partial charge in [-0.15, -0.1) is 0 Å². The number of aliphatic carboxylic acids is 1. The summed E-state index contributed by atoms with van der Waals surface area (Å²) < 4.78 is 5.22. The first kappa shape index (κ1) is 14.8. The van der Waals surface area contributed by atoms with Gasteiger partial charge >= 0.3 is 12.1 Å². The average molecular weight is 258 g/mol. The predicted octanol–water partition coefficient (Wildman–Crippen LogP) is 1.05. The van der Waals surface area contributed by atoms with Gasteiger partial charge in [0.2, 0.25) is 0 Å². The molecule has 1 amide bonds. The Morgan fingerprint density at radius 3 is 2.50 bits per heavy atom. The minimum Gasteiger partial charge on any atom is -0.480 e. The first-order valence-corrected chi connectivity index (χ1v) is 6.17. The molecule has 0 aliphatic carbocycles. The minimum absolute atomic E-state index is 0.142. The van der Waals surface area contributed by atoms with Crippen molar-refractivity contribution in [3.8, 4) is 0 Å². The van der Waals surface area contributed by atoms with Crippen LogP contribution in [0.15, 0.2) is 0 Å². The van der Waals surface area contributed by atoms with Crippen molar-refractivity contribution in [1.82, 2.24) is 4.90 Å². The zero-order valence-corrected chi connectivity index (χ0v) is 11.2. The van der Waals surface area contributed by atoms with E-state index in [0.29, 0.717) is 19.5 Å². The third-order valence-corrected chi connectivity index (χ3v) is 2.88. The maximum absolute atomic E-state index is 11.9. The molecule has 3 N–H and O–H groups in total. The van der Waals surface area contributed by atoms with Gasteiger partial charge in [0.25, 0.3) is 0 Å². The molecule has 104 valence electrons. The Morgan fingerprint density at radius 1 is 1.44 bits per heavy atom. The highest BCUT2D eigenvalue weighted by molar-refractivity contribution is 5.80. The monoisotopic (exact) mass is 258 g/mol. The van der Waals surface area contributed by atoms with Crippen molar-refractivity contribution in [3.05, 3.63) is 0 Å². The Hall–Kier alpha value is -1.30. The summed E-state index contributed by atoms with van der Waals surface area (Å²) in [5, 5.41) is 9.14. The van der Waals surface area contributed by atoms with E-state index in [4.69, 9.17) is 15.6 Å². The van der Waals surface area contributed by atoms with E-state index >= 15 is 0 Å². The van der Waals surface area contributed by atoms with Gasteiger partial charge in [0.15, 0.2) is 0 Å². The molecule has 6 nitrogen and oxygen atoms in total. The van der Waals surface area contributed by atoms with Crippen LogP contribution in [0.1, 0.15) is 33.6 Å². The molecule has 0 aromatic heterocycles. The quantitative estimate of drug-likeness (QED) is 0.789. The molecule has 1 rings (SSSR count). The van der Waals surface area contributed by atoms with Crippen LogP contribution in [0.3, 0.4) is 0 Å². The van der Waals surface area contributed by atoms with Crippen molar-refractivity contribution in [2.24, 2.45) is 11.7 Å². The molecule has 0 bridgehead atoms. The SMILES string of the molecule is CC(C)(C)OC(=O)N1CC(CCN)C[C@H]1C(=O)O. The van der Waals surface area contributed by atoms with Crippen LogP contribution >= 0.6 is 0 Å². The normalized spacial score (nSPS) is 24.1. The molecule has 2 atom stereocenters. The number of carboxylic acid groups (broad SMARTS) is 1. The van der Waals surface area contributed by atoms with E-state index in [1.54, 1.807) is 20.8 Å². The summed E-state index contributed by atoms with van der Waals surface area (Å²) >= 11 is 0. The van der Waals surface area contributed by atoms with E-state index in [0.717, 1.165) is 6.42 Å². The summed E-state index contributed by atoms with van der Waals surface area (Å²) in [6.07, 6.45) is 0.615. The van der Waals surface area contributed by atoms with Crippen molar-refractivity contribution in [2.75, 3.05) is 13.1 Å². The molecule has 18 heavy (non-hydrogen) atoms. The number of hydrogen-bond donors (Lipinski definition) is 2. The van der Waals surface area contributed by atoms with Gasteiger partial charge in [0.1, 0.15) is 11.6 Å². The molecule has 0 spiro atoms. The molecule has 1 aliphatic rings. The van der Waals surface area contributed by atoms with Crippen LogP contribution in [0.4, 0.5) is 4.79 Å². The fourth-order valence-corrected chi connectivity index (χ4v) is 2.12. The molecule has 0 radical (unpaired) electrons. The molecular weight excluding hydrogens is 236 g/mol. The van der Waals surface area contributed by atoms with E-state index in [1.165, 1.54) is 4.90 Å². The van der Waals surface area contributed by atoms with Gasteiger partial charge in [-0.2, -0.15) is 0 Å². The van der Waals surface area contributed by atoms with Gasteiger partial charge in [-0.1, -0.05) is 0 Å². The van der Waals surface area contributed by atoms with Gasteiger partial charge in [0.05, 0.1) is 0 Å². The summed E-state index contributed by atoms with van der Waals surface area (Å²) in [5.41, 5.74) is 4.85. The van der Waals surface area contributed by atoms with E-state index in [-0.39, 0.29) is 5.92 Å². The van der Waals surface area contributed by atoms with Gasteiger partial charge in [-0.25, -0.2) is 9.59 Å². The number of carbonyl (C=O) groups is 2. The Morgan fingerprint density at radius 2 is 2.06 bits per heavy atom. The number of nitrogens with two attached hydrogens (primary N) is 1. The second-order valence-electron chi connectivity index (χ2n) is 5.67. The minimum atomic E-state index is -0.986. The Balaban J connectivity index is 2.72. The highest BCUT2D eigenvalue weighted by Crippen LogP contribution is 2.27. The second kappa shape index (κ2) is 5.56. The highest BCUT2D eigenvalue weighted by Gasteiger charge is 2.41. The number of nitrogens with zero attached hydrogens (tertiary/aromatic N) is 1. The van der Waals surface area contributed by atoms with E-state index in [2.05, 4.69) is 0 Å². The number of carbonyl (C=O) groups excluding carboxylic acids is 1. The lowest BCUT2D eigenvalue weighted by molar-refractivity contribution is -0.142. The molecular formula is C12H22N2O4. The largest absolute Gasteiger partial charge is 0.480 e. The first-order valence-electron chi connectivity index (χ1n) is 6.17. The van der Waals surface area contributed by atoms with Gasteiger partial charge in [-0.05, 0) is 46.1 Å². The van der Waals surface area contributed by atoms with Crippen LogP contribution < -0.4 is 5.73 Å². The second-order valence-corrected chi connectivity index (χ2v) is 5.67. The molecule has 1 aliphatic heterocycles. The number of carboxylic acids is 1. The Labute approximate surface area is 107 Å². The van der Waals surface area contributed by atoms with Gasteiger partial charge < -0.3 is 15.6 Å². The van der Waals surface area contributed by atoms with Crippen molar-refractivity contribution in [3.63, 3.8) is 0 Å². The lowest BCUT2D eigenvalue weighted by Gasteiger charge is -2.26. The molecule has 0 aromatic carbocycles. The van der Waals surface area contributed by atoms with Crippen LogP contribution in [0.2, 0.25) is 0 Å². The van der Waals surface area contributed by atoms with E-state index in [9.17, 15) is 9.59 Å². The number of ether oxygens (including phenoxy) is 1. The lowest BCUT2D eigenvalue weighted by atomic mass is 10.0. The molecule has 1 fully saturated rings. The number of amides is 1. The zero-order valence-electron chi connectivity index (χ0n) is 11.2. The molecule has 1 heterocycles.